The molecule has 0 spiro atoms. The first-order valence-corrected chi connectivity index (χ1v) is 9.54. The molecule has 4 aliphatic rings. The zero-order valence-electron chi connectivity index (χ0n) is 15.1. The summed E-state index contributed by atoms with van der Waals surface area (Å²) >= 11 is 0. The van der Waals surface area contributed by atoms with E-state index in [9.17, 15) is 19.0 Å². The number of hydrogen-bond acceptors (Lipinski definition) is 2. The van der Waals surface area contributed by atoms with Gasteiger partial charge in [0.15, 0.2) is 5.60 Å². The molecule has 138 valence electrons. The SMILES string of the molecule is C#CC1(O)C(F)(F)C[C@H]2[C@@H]3CC=C4CC(O)CC[C@]4(C)[C@@H]3CC[C@@]21C. The lowest BCUT2D eigenvalue weighted by atomic mass is 9.47. The quantitative estimate of drug-likeness (QED) is 0.513. The number of alkyl halides is 2. The van der Waals surface area contributed by atoms with E-state index < -0.39 is 16.9 Å². The molecule has 4 heteroatoms. The summed E-state index contributed by atoms with van der Waals surface area (Å²) in [5.41, 5.74) is -1.96. The number of fused-ring (bicyclic) bond motifs is 5. The summed E-state index contributed by atoms with van der Waals surface area (Å²) in [6, 6.07) is 0. The molecule has 0 aromatic rings. The second-order valence-electron chi connectivity index (χ2n) is 9.38. The van der Waals surface area contributed by atoms with Gasteiger partial charge in [-0.2, -0.15) is 0 Å². The molecule has 2 N–H and O–H groups in total. The summed E-state index contributed by atoms with van der Waals surface area (Å²) in [6.07, 6.45) is 11.6. The molecule has 0 amide bonds. The topological polar surface area (TPSA) is 40.5 Å². The summed E-state index contributed by atoms with van der Waals surface area (Å²) in [4.78, 5) is 0. The van der Waals surface area contributed by atoms with Gasteiger partial charge in [0.1, 0.15) is 0 Å². The smallest absolute Gasteiger partial charge is 0.288 e. The Bertz CT molecular complexity index is 665. The highest BCUT2D eigenvalue weighted by atomic mass is 19.3. The van der Waals surface area contributed by atoms with E-state index in [2.05, 4.69) is 18.9 Å². The Morgan fingerprint density at radius 1 is 1.20 bits per heavy atom. The first kappa shape index (κ1) is 17.5. The van der Waals surface area contributed by atoms with E-state index >= 15 is 0 Å². The molecule has 3 saturated carbocycles. The number of halogens is 2. The largest absolute Gasteiger partial charge is 0.393 e. The Morgan fingerprint density at radius 3 is 2.60 bits per heavy atom. The van der Waals surface area contributed by atoms with Crippen LogP contribution in [-0.4, -0.2) is 27.8 Å². The van der Waals surface area contributed by atoms with Gasteiger partial charge in [-0.05, 0) is 61.7 Å². The predicted octanol–water partition coefficient (Wildman–Crippen LogP) is 3.92. The second-order valence-corrected chi connectivity index (χ2v) is 9.38. The number of allylic oxidation sites excluding steroid dienone is 1. The predicted molar refractivity (Wildman–Crippen MR) is 91.8 cm³/mol. The molecule has 4 aliphatic carbocycles. The Kier molecular flexibility index (Phi) is 3.55. The molecule has 0 saturated heterocycles. The van der Waals surface area contributed by atoms with Crippen LogP contribution in [-0.2, 0) is 0 Å². The average Bonchev–Trinajstić information content (AvgIpc) is 2.72. The van der Waals surface area contributed by atoms with E-state index in [0.717, 1.165) is 25.7 Å². The van der Waals surface area contributed by atoms with Gasteiger partial charge in [0, 0.05) is 11.8 Å². The highest BCUT2D eigenvalue weighted by Gasteiger charge is 2.74. The molecular formula is C21H28F2O2. The fourth-order valence-corrected chi connectivity index (χ4v) is 6.90. The molecule has 0 heterocycles. The van der Waals surface area contributed by atoms with Crippen LogP contribution in [0.25, 0.3) is 0 Å². The summed E-state index contributed by atoms with van der Waals surface area (Å²) in [7, 11) is 0. The van der Waals surface area contributed by atoms with Gasteiger partial charge in [-0.3, -0.25) is 0 Å². The lowest BCUT2D eigenvalue weighted by Gasteiger charge is -2.58. The van der Waals surface area contributed by atoms with Crippen LogP contribution in [0.2, 0.25) is 0 Å². The van der Waals surface area contributed by atoms with Gasteiger partial charge in [0.25, 0.3) is 5.92 Å². The lowest BCUT2D eigenvalue weighted by Crippen LogP contribution is -2.57. The Morgan fingerprint density at radius 2 is 1.92 bits per heavy atom. The van der Waals surface area contributed by atoms with Crippen molar-refractivity contribution in [2.75, 3.05) is 0 Å². The Hall–Kier alpha value is -0.920. The third kappa shape index (κ3) is 1.97. The lowest BCUT2D eigenvalue weighted by molar-refractivity contribution is -0.174. The van der Waals surface area contributed by atoms with Gasteiger partial charge < -0.3 is 10.2 Å². The Labute approximate surface area is 148 Å². The van der Waals surface area contributed by atoms with Crippen LogP contribution in [0.15, 0.2) is 11.6 Å². The maximum atomic E-state index is 14.7. The number of aliphatic hydroxyl groups is 2. The molecular weight excluding hydrogens is 322 g/mol. The second kappa shape index (κ2) is 5.08. The number of hydrogen-bond donors (Lipinski definition) is 2. The number of rotatable bonds is 0. The van der Waals surface area contributed by atoms with Crippen molar-refractivity contribution in [3.63, 3.8) is 0 Å². The number of terminal acetylenes is 1. The van der Waals surface area contributed by atoms with E-state index in [0.29, 0.717) is 18.8 Å². The molecule has 0 radical (unpaired) electrons. The van der Waals surface area contributed by atoms with E-state index in [1.807, 2.05) is 0 Å². The molecule has 0 bridgehead atoms. The van der Waals surface area contributed by atoms with Crippen molar-refractivity contribution in [2.24, 2.45) is 28.6 Å². The molecule has 2 unspecified atom stereocenters. The maximum Gasteiger partial charge on any atom is 0.288 e. The van der Waals surface area contributed by atoms with Crippen molar-refractivity contribution < 1.29 is 19.0 Å². The zero-order valence-corrected chi connectivity index (χ0v) is 15.1. The van der Waals surface area contributed by atoms with Crippen molar-refractivity contribution in [3.8, 4) is 12.3 Å². The average molecular weight is 350 g/mol. The standard InChI is InChI=1S/C21H28F2O2/c1-4-20(25)19(3)10-8-16-15(17(19)12-21(20,22)23)6-5-13-11-14(24)7-9-18(13,16)2/h1,5,14-17,24-25H,6-12H2,2-3H3/t14?,15-,16-,17+,18+,19+,20?/m1/s1. The van der Waals surface area contributed by atoms with Gasteiger partial charge in [0.2, 0.25) is 0 Å². The first-order valence-electron chi connectivity index (χ1n) is 9.54. The number of aliphatic hydroxyl groups excluding tert-OH is 1. The molecule has 0 aliphatic heterocycles. The van der Waals surface area contributed by atoms with Crippen LogP contribution >= 0.6 is 0 Å². The molecule has 7 atom stereocenters. The van der Waals surface area contributed by atoms with Crippen LogP contribution in [0, 0.1) is 40.9 Å². The molecule has 0 aromatic heterocycles. The zero-order chi connectivity index (χ0) is 18.3. The van der Waals surface area contributed by atoms with Crippen LogP contribution in [0.4, 0.5) is 8.78 Å². The highest BCUT2D eigenvalue weighted by molar-refractivity contribution is 5.32. The summed E-state index contributed by atoms with van der Waals surface area (Å²) in [6.45, 7) is 4.03. The van der Waals surface area contributed by atoms with Crippen LogP contribution in [0.1, 0.15) is 58.8 Å². The van der Waals surface area contributed by atoms with Crippen molar-refractivity contribution in [1.82, 2.24) is 0 Å². The van der Waals surface area contributed by atoms with Gasteiger partial charge >= 0.3 is 0 Å². The fourth-order valence-electron chi connectivity index (χ4n) is 6.90. The monoisotopic (exact) mass is 350 g/mol. The van der Waals surface area contributed by atoms with Crippen molar-refractivity contribution in [3.05, 3.63) is 11.6 Å². The van der Waals surface area contributed by atoms with E-state index in [1.165, 1.54) is 5.57 Å². The summed E-state index contributed by atoms with van der Waals surface area (Å²) < 4.78 is 29.5. The normalized spacial score (nSPS) is 53.9. The molecule has 3 fully saturated rings. The molecule has 0 aromatic carbocycles. The third-order valence-electron chi connectivity index (χ3n) is 8.51. The van der Waals surface area contributed by atoms with E-state index in [4.69, 9.17) is 6.42 Å². The van der Waals surface area contributed by atoms with Crippen LogP contribution in [0.3, 0.4) is 0 Å². The van der Waals surface area contributed by atoms with Gasteiger partial charge in [-0.15, -0.1) is 6.42 Å². The van der Waals surface area contributed by atoms with Crippen molar-refractivity contribution in [2.45, 2.75) is 76.4 Å². The highest BCUT2D eigenvalue weighted by Crippen LogP contribution is 2.69. The molecule has 4 rings (SSSR count). The summed E-state index contributed by atoms with van der Waals surface area (Å²) in [5.74, 6) is -0.921. The molecule has 25 heavy (non-hydrogen) atoms. The molecule has 2 nitrogen and oxygen atoms in total. The van der Waals surface area contributed by atoms with Crippen LogP contribution < -0.4 is 0 Å². The maximum absolute atomic E-state index is 14.7. The minimum atomic E-state index is -3.23. The third-order valence-corrected chi connectivity index (χ3v) is 8.51. The van der Waals surface area contributed by atoms with E-state index in [1.54, 1.807) is 6.92 Å². The van der Waals surface area contributed by atoms with Gasteiger partial charge in [-0.25, -0.2) is 8.78 Å². The fraction of sp³-hybridized carbons (Fsp3) is 0.810. The minimum absolute atomic E-state index is 0.00435. The van der Waals surface area contributed by atoms with Gasteiger partial charge in [0.05, 0.1) is 6.10 Å². The van der Waals surface area contributed by atoms with Gasteiger partial charge in [-0.1, -0.05) is 31.4 Å². The minimum Gasteiger partial charge on any atom is -0.393 e. The Balaban J connectivity index is 1.74. The first-order chi connectivity index (χ1) is 11.6. The van der Waals surface area contributed by atoms with Crippen LogP contribution in [0.5, 0.6) is 0 Å². The summed E-state index contributed by atoms with van der Waals surface area (Å²) in [5, 5.41) is 20.8. The van der Waals surface area contributed by atoms with E-state index in [-0.39, 0.29) is 29.8 Å². The van der Waals surface area contributed by atoms with Crippen molar-refractivity contribution in [1.29, 1.82) is 0 Å². The van der Waals surface area contributed by atoms with Crippen molar-refractivity contribution >= 4 is 0 Å².